The van der Waals surface area contributed by atoms with Crippen LogP contribution in [0.15, 0.2) is 12.1 Å². The van der Waals surface area contributed by atoms with Crippen LogP contribution in [-0.4, -0.2) is 43.4 Å². The first-order valence-electron chi connectivity index (χ1n) is 7.51. The van der Waals surface area contributed by atoms with E-state index in [1.807, 2.05) is 13.8 Å². The van der Waals surface area contributed by atoms with Gasteiger partial charge in [0, 0.05) is 19.1 Å². The molecule has 2 rings (SSSR count). The molecule has 22 heavy (non-hydrogen) atoms. The molecule has 1 saturated heterocycles. The van der Waals surface area contributed by atoms with E-state index in [4.69, 9.17) is 0 Å². The van der Waals surface area contributed by atoms with Crippen LogP contribution in [-0.2, 0) is 16.4 Å². The number of benzene rings is 1. The third-order valence-corrected chi connectivity index (χ3v) is 5.98. The van der Waals surface area contributed by atoms with E-state index in [-0.39, 0.29) is 30.1 Å². The van der Waals surface area contributed by atoms with Crippen LogP contribution >= 0.6 is 0 Å². The molecule has 1 heterocycles. The molecule has 1 N–H and O–H groups in total. The van der Waals surface area contributed by atoms with E-state index in [1.54, 1.807) is 11.8 Å². The number of nitrogens with one attached hydrogen (secondary N) is 1. The summed E-state index contributed by atoms with van der Waals surface area (Å²) in [4.78, 5) is 13.9. The third-order valence-electron chi connectivity index (χ3n) is 4.19. The van der Waals surface area contributed by atoms with Crippen LogP contribution in [0, 0.1) is 20.8 Å². The van der Waals surface area contributed by atoms with Gasteiger partial charge in [0.25, 0.3) is 0 Å². The van der Waals surface area contributed by atoms with Gasteiger partial charge in [-0.15, -0.1) is 0 Å². The van der Waals surface area contributed by atoms with Gasteiger partial charge in [-0.3, -0.25) is 0 Å². The van der Waals surface area contributed by atoms with Crippen molar-refractivity contribution in [2.75, 3.05) is 18.1 Å². The van der Waals surface area contributed by atoms with E-state index in [1.165, 1.54) is 5.56 Å². The van der Waals surface area contributed by atoms with Gasteiger partial charge in [-0.05, 0) is 44.4 Å². The van der Waals surface area contributed by atoms with Crippen molar-refractivity contribution in [2.45, 2.75) is 40.3 Å². The van der Waals surface area contributed by atoms with E-state index < -0.39 is 9.84 Å². The summed E-state index contributed by atoms with van der Waals surface area (Å²) in [6.07, 6.45) is 0. The Bertz CT molecular complexity index is 660. The van der Waals surface area contributed by atoms with Gasteiger partial charge >= 0.3 is 6.03 Å². The second-order valence-electron chi connectivity index (χ2n) is 6.19. The molecule has 1 fully saturated rings. The number of aryl methyl sites for hydroxylation is 3. The number of sulfone groups is 1. The highest BCUT2D eigenvalue weighted by Gasteiger charge is 2.31. The largest absolute Gasteiger partial charge is 0.334 e. The zero-order chi connectivity index (χ0) is 16.5. The highest BCUT2D eigenvalue weighted by atomic mass is 32.2. The molecule has 0 aliphatic carbocycles. The Morgan fingerprint density at radius 1 is 1.27 bits per heavy atom. The Morgan fingerprint density at radius 3 is 2.41 bits per heavy atom. The van der Waals surface area contributed by atoms with Gasteiger partial charge in [0.1, 0.15) is 0 Å². The molecule has 6 heteroatoms. The van der Waals surface area contributed by atoms with E-state index in [2.05, 4.69) is 24.4 Å². The van der Waals surface area contributed by atoms with Crippen LogP contribution in [0.4, 0.5) is 4.79 Å². The predicted octanol–water partition coefficient (Wildman–Crippen LogP) is 1.94. The summed E-state index contributed by atoms with van der Waals surface area (Å²) in [7, 11) is -3.01. The minimum absolute atomic E-state index is 0.0447. The summed E-state index contributed by atoms with van der Waals surface area (Å²) in [5, 5.41) is 2.92. The summed E-state index contributed by atoms with van der Waals surface area (Å²) in [5.74, 6) is 0.0936. The van der Waals surface area contributed by atoms with Crippen LogP contribution in [0.1, 0.15) is 29.2 Å². The summed E-state index contributed by atoms with van der Waals surface area (Å²) in [5.41, 5.74) is 4.65. The fourth-order valence-corrected chi connectivity index (χ4v) is 4.61. The van der Waals surface area contributed by atoms with Crippen molar-refractivity contribution in [3.05, 3.63) is 34.4 Å². The molecule has 1 aromatic rings. The number of carbonyl (C=O) groups excluding carboxylic acids is 1. The van der Waals surface area contributed by atoms with Crippen molar-refractivity contribution in [2.24, 2.45) is 0 Å². The number of hydrogen-bond donors (Lipinski definition) is 1. The Labute approximate surface area is 132 Å². The lowest BCUT2D eigenvalue weighted by atomic mass is 10.00. The first kappa shape index (κ1) is 16.8. The summed E-state index contributed by atoms with van der Waals surface area (Å²) in [6.45, 7) is 8.64. The van der Waals surface area contributed by atoms with Gasteiger partial charge in [0.05, 0.1) is 11.5 Å². The molecule has 0 bridgehead atoms. The summed E-state index contributed by atoms with van der Waals surface area (Å²) in [6, 6.07) is 3.73. The van der Waals surface area contributed by atoms with E-state index in [0.29, 0.717) is 6.54 Å². The SMILES string of the molecule is Cc1cc(C)c(CNC(=O)N2CCS(=O)(=O)C[C@@H]2C)c(C)c1. The van der Waals surface area contributed by atoms with Gasteiger partial charge in [-0.2, -0.15) is 0 Å². The normalized spacial score (nSPS) is 20.7. The number of rotatable bonds is 2. The number of hydrogen-bond acceptors (Lipinski definition) is 3. The van der Waals surface area contributed by atoms with Crippen molar-refractivity contribution in [3.8, 4) is 0 Å². The molecule has 2 amide bonds. The van der Waals surface area contributed by atoms with Crippen molar-refractivity contribution in [1.82, 2.24) is 10.2 Å². The first-order valence-corrected chi connectivity index (χ1v) is 9.33. The number of nitrogens with zero attached hydrogens (tertiary/aromatic N) is 1. The molecule has 5 nitrogen and oxygen atoms in total. The van der Waals surface area contributed by atoms with Crippen molar-refractivity contribution < 1.29 is 13.2 Å². The molecular weight excluding hydrogens is 300 g/mol. The van der Waals surface area contributed by atoms with Gasteiger partial charge in [0.2, 0.25) is 0 Å². The van der Waals surface area contributed by atoms with Crippen LogP contribution < -0.4 is 5.32 Å². The molecule has 0 saturated carbocycles. The summed E-state index contributed by atoms with van der Waals surface area (Å²) < 4.78 is 23.1. The monoisotopic (exact) mass is 324 g/mol. The average molecular weight is 324 g/mol. The minimum Gasteiger partial charge on any atom is -0.334 e. The number of carbonyl (C=O) groups is 1. The Balaban J connectivity index is 2.02. The second kappa shape index (κ2) is 6.28. The molecule has 1 aromatic carbocycles. The fourth-order valence-electron chi connectivity index (χ4n) is 3.05. The van der Waals surface area contributed by atoms with Crippen molar-refractivity contribution in [1.29, 1.82) is 0 Å². The Kier molecular flexibility index (Phi) is 4.80. The Hall–Kier alpha value is -1.56. The maximum absolute atomic E-state index is 12.3. The highest BCUT2D eigenvalue weighted by molar-refractivity contribution is 7.91. The average Bonchev–Trinajstić information content (AvgIpc) is 2.35. The number of urea groups is 1. The van der Waals surface area contributed by atoms with Gasteiger partial charge in [-0.25, -0.2) is 13.2 Å². The molecular formula is C16H24N2O3S. The molecule has 1 aliphatic rings. The lowest BCUT2D eigenvalue weighted by Crippen LogP contribution is -2.53. The highest BCUT2D eigenvalue weighted by Crippen LogP contribution is 2.17. The zero-order valence-corrected chi connectivity index (χ0v) is 14.5. The van der Waals surface area contributed by atoms with Gasteiger partial charge in [0.15, 0.2) is 9.84 Å². The van der Waals surface area contributed by atoms with Crippen LogP contribution in [0.25, 0.3) is 0 Å². The van der Waals surface area contributed by atoms with Gasteiger partial charge in [-0.1, -0.05) is 17.7 Å². The molecule has 122 valence electrons. The smallest absolute Gasteiger partial charge is 0.317 e. The molecule has 0 spiro atoms. The van der Waals surface area contributed by atoms with Crippen LogP contribution in [0.2, 0.25) is 0 Å². The van der Waals surface area contributed by atoms with Crippen LogP contribution in [0.3, 0.4) is 0 Å². The topological polar surface area (TPSA) is 66.5 Å². The lowest BCUT2D eigenvalue weighted by molar-refractivity contribution is 0.184. The van der Waals surface area contributed by atoms with E-state index in [0.717, 1.165) is 16.7 Å². The minimum atomic E-state index is -3.01. The lowest BCUT2D eigenvalue weighted by Gasteiger charge is -2.33. The second-order valence-corrected chi connectivity index (χ2v) is 8.42. The predicted molar refractivity (Wildman–Crippen MR) is 87.7 cm³/mol. The maximum atomic E-state index is 12.3. The molecule has 0 aromatic heterocycles. The quantitative estimate of drug-likeness (QED) is 0.904. The van der Waals surface area contributed by atoms with Crippen LogP contribution in [0.5, 0.6) is 0 Å². The first-order chi connectivity index (χ1) is 10.2. The maximum Gasteiger partial charge on any atom is 0.317 e. The van der Waals surface area contributed by atoms with E-state index in [9.17, 15) is 13.2 Å². The molecule has 0 unspecified atom stereocenters. The molecule has 1 atom stereocenters. The standard InChI is InChI=1S/C16H24N2O3S/c1-11-7-12(2)15(13(3)8-11)9-17-16(19)18-5-6-22(20,21)10-14(18)4/h7-8,14H,5-6,9-10H2,1-4H3,(H,17,19)/t14-/m0/s1. The molecule has 1 aliphatic heterocycles. The van der Waals surface area contributed by atoms with Gasteiger partial charge < -0.3 is 10.2 Å². The van der Waals surface area contributed by atoms with E-state index >= 15 is 0 Å². The van der Waals surface area contributed by atoms with Crippen molar-refractivity contribution in [3.63, 3.8) is 0 Å². The summed E-state index contributed by atoms with van der Waals surface area (Å²) >= 11 is 0. The number of amides is 2. The zero-order valence-electron chi connectivity index (χ0n) is 13.6. The van der Waals surface area contributed by atoms with Crippen molar-refractivity contribution >= 4 is 15.9 Å². The fraction of sp³-hybridized carbons (Fsp3) is 0.562. The molecule has 0 radical (unpaired) electrons. The third kappa shape index (κ3) is 3.80. The Morgan fingerprint density at radius 2 is 1.86 bits per heavy atom.